The van der Waals surface area contributed by atoms with Crippen LogP contribution in [0.5, 0.6) is 0 Å². The van der Waals surface area contributed by atoms with Crippen LogP contribution in [0, 0.1) is 11.6 Å². The zero-order valence-corrected chi connectivity index (χ0v) is 9.00. The fraction of sp³-hybridized carbons (Fsp3) is 0.364. The molecular weight excluding hydrogens is 216 g/mol. The maximum absolute atomic E-state index is 13.3. The maximum Gasteiger partial charge on any atom is 0.320 e. The van der Waals surface area contributed by atoms with Gasteiger partial charge in [-0.25, -0.2) is 8.78 Å². The first-order chi connectivity index (χ1) is 7.43. The molecule has 0 aromatic heterocycles. The fourth-order valence-corrected chi connectivity index (χ4v) is 1.39. The third-order valence-corrected chi connectivity index (χ3v) is 2.32. The Morgan fingerprint density at radius 2 is 2.00 bits per heavy atom. The van der Waals surface area contributed by atoms with E-state index in [9.17, 15) is 13.6 Å². The second-order valence-electron chi connectivity index (χ2n) is 3.59. The van der Waals surface area contributed by atoms with Crippen molar-refractivity contribution in [1.29, 1.82) is 0 Å². The van der Waals surface area contributed by atoms with Crippen molar-refractivity contribution in [2.24, 2.45) is 0 Å². The fourth-order valence-electron chi connectivity index (χ4n) is 1.39. The highest BCUT2D eigenvalue weighted by molar-refractivity contribution is 5.72. The number of halogens is 2. The number of carbonyl (C=O) groups is 1. The van der Waals surface area contributed by atoms with Crippen LogP contribution in [0.15, 0.2) is 18.2 Å². The lowest BCUT2D eigenvalue weighted by Crippen LogP contribution is -2.35. The molecule has 0 saturated heterocycles. The van der Waals surface area contributed by atoms with E-state index in [4.69, 9.17) is 5.11 Å². The van der Waals surface area contributed by atoms with Gasteiger partial charge in [-0.2, -0.15) is 0 Å². The van der Waals surface area contributed by atoms with Crippen LogP contribution in [-0.4, -0.2) is 17.1 Å². The molecular formula is C11H13F2NO2. The molecule has 2 atom stereocenters. The van der Waals surface area contributed by atoms with Gasteiger partial charge in [-0.05, 0) is 19.9 Å². The molecule has 3 nitrogen and oxygen atoms in total. The van der Waals surface area contributed by atoms with Crippen LogP contribution in [0.2, 0.25) is 0 Å². The Balaban J connectivity index is 2.84. The number of carboxylic acids is 1. The standard InChI is InChI=1S/C11H13F2NO2/c1-6(14-7(2)11(15)16)8-4-3-5-9(12)10(8)13/h3-7,14H,1-2H3,(H,15,16). The molecule has 0 aliphatic rings. The van der Waals surface area contributed by atoms with Crippen LogP contribution in [0.1, 0.15) is 25.5 Å². The summed E-state index contributed by atoms with van der Waals surface area (Å²) in [5.41, 5.74) is 0.119. The van der Waals surface area contributed by atoms with E-state index >= 15 is 0 Å². The predicted octanol–water partition coefficient (Wildman–Crippen LogP) is 2.09. The molecule has 0 aliphatic carbocycles. The summed E-state index contributed by atoms with van der Waals surface area (Å²) in [4.78, 5) is 10.6. The van der Waals surface area contributed by atoms with Gasteiger partial charge in [0.2, 0.25) is 0 Å². The number of hydrogen-bond donors (Lipinski definition) is 2. The van der Waals surface area contributed by atoms with E-state index in [1.54, 1.807) is 6.92 Å². The van der Waals surface area contributed by atoms with Crippen molar-refractivity contribution in [3.8, 4) is 0 Å². The Morgan fingerprint density at radius 3 is 2.56 bits per heavy atom. The van der Waals surface area contributed by atoms with Crippen molar-refractivity contribution >= 4 is 5.97 Å². The molecule has 16 heavy (non-hydrogen) atoms. The largest absolute Gasteiger partial charge is 0.480 e. The molecule has 5 heteroatoms. The molecule has 1 aromatic rings. The van der Waals surface area contributed by atoms with Gasteiger partial charge >= 0.3 is 5.97 Å². The molecule has 0 heterocycles. The van der Waals surface area contributed by atoms with E-state index in [-0.39, 0.29) is 5.56 Å². The smallest absolute Gasteiger partial charge is 0.320 e. The highest BCUT2D eigenvalue weighted by atomic mass is 19.2. The number of nitrogens with one attached hydrogen (secondary N) is 1. The first-order valence-corrected chi connectivity index (χ1v) is 4.86. The predicted molar refractivity (Wildman–Crippen MR) is 55.0 cm³/mol. The van der Waals surface area contributed by atoms with Gasteiger partial charge in [-0.1, -0.05) is 12.1 Å². The van der Waals surface area contributed by atoms with E-state index in [0.717, 1.165) is 6.07 Å². The minimum atomic E-state index is -1.04. The lowest BCUT2D eigenvalue weighted by molar-refractivity contribution is -0.139. The highest BCUT2D eigenvalue weighted by Gasteiger charge is 2.18. The molecule has 1 rings (SSSR count). The minimum absolute atomic E-state index is 0.119. The summed E-state index contributed by atoms with van der Waals surface area (Å²) in [6.45, 7) is 3.02. The van der Waals surface area contributed by atoms with Crippen molar-refractivity contribution in [2.45, 2.75) is 25.9 Å². The van der Waals surface area contributed by atoms with E-state index in [2.05, 4.69) is 5.32 Å². The van der Waals surface area contributed by atoms with Crippen LogP contribution < -0.4 is 5.32 Å². The van der Waals surface area contributed by atoms with Crippen molar-refractivity contribution in [2.75, 3.05) is 0 Å². The molecule has 2 unspecified atom stereocenters. The van der Waals surface area contributed by atoms with Gasteiger partial charge < -0.3 is 5.11 Å². The molecule has 0 bridgehead atoms. The number of hydrogen-bond acceptors (Lipinski definition) is 2. The number of rotatable bonds is 4. The minimum Gasteiger partial charge on any atom is -0.480 e. The zero-order chi connectivity index (χ0) is 12.3. The summed E-state index contributed by atoms with van der Waals surface area (Å²) in [6.07, 6.45) is 0. The third kappa shape index (κ3) is 2.76. The second kappa shape index (κ2) is 5.03. The van der Waals surface area contributed by atoms with Gasteiger partial charge in [-0.3, -0.25) is 10.1 Å². The number of aliphatic carboxylic acids is 1. The first-order valence-electron chi connectivity index (χ1n) is 4.86. The summed E-state index contributed by atoms with van der Waals surface area (Å²) in [6, 6.07) is 2.44. The van der Waals surface area contributed by atoms with Crippen LogP contribution in [0.4, 0.5) is 8.78 Å². The Hall–Kier alpha value is -1.49. The highest BCUT2D eigenvalue weighted by Crippen LogP contribution is 2.19. The Labute approximate surface area is 92.1 Å². The third-order valence-electron chi connectivity index (χ3n) is 2.32. The summed E-state index contributed by atoms with van der Waals surface area (Å²) < 4.78 is 26.3. The van der Waals surface area contributed by atoms with Gasteiger partial charge in [0.25, 0.3) is 0 Å². The molecule has 0 fully saturated rings. The van der Waals surface area contributed by atoms with E-state index in [1.165, 1.54) is 19.1 Å². The van der Waals surface area contributed by atoms with Crippen molar-refractivity contribution in [3.05, 3.63) is 35.4 Å². The van der Waals surface area contributed by atoms with Gasteiger partial charge in [0.1, 0.15) is 6.04 Å². The van der Waals surface area contributed by atoms with Crippen LogP contribution in [0.3, 0.4) is 0 Å². The molecule has 1 aromatic carbocycles. The van der Waals surface area contributed by atoms with Crippen molar-refractivity contribution in [1.82, 2.24) is 5.32 Å². The number of carboxylic acid groups (broad SMARTS) is 1. The quantitative estimate of drug-likeness (QED) is 0.831. The Kier molecular flexibility index (Phi) is 3.95. The lowest BCUT2D eigenvalue weighted by atomic mass is 10.1. The second-order valence-corrected chi connectivity index (χ2v) is 3.59. The lowest BCUT2D eigenvalue weighted by Gasteiger charge is -2.18. The summed E-state index contributed by atoms with van der Waals surface area (Å²) in [7, 11) is 0. The van der Waals surface area contributed by atoms with Crippen molar-refractivity contribution < 1.29 is 18.7 Å². The molecule has 0 amide bonds. The van der Waals surface area contributed by atoms with Crippen LogP contribution >= 0.6 is 0 Å². The molecule has 0 radical (unpaired) electrons. The number of benzene rings is 1. The monoisotopic (exact) mass is 229 g/mol. The van der Waals surface area contributed by atoms with Crippen molar-refractivity contribution in [3.63, 3.8) is 0 Å². The van der Waals surface area contributed by atoms with E-state index in [1.807, 2.05) is 0 Å². The molecule has 2 N–H and O–H groups in total. The van der Waals surface area contributed by atoms with Gasteiger partial charge in [0.05, 0.1) is 0 Å². The Bertz CT molecular complexity index is 396. The zero-order valence-electron chi connectivity index (χ0n) is 9.00. The van der Waals surface area contributed by atoms with E-state index in [0.29, 0.717) is 0 Å². The molecule has 0 aliphatic heterocycles. The van der Waals surface area contributed by atoms with Gasteiger partial charge in [0.15, 0.2) is 11.6 Å². The molecule has 0 saturated carbocycles. The summed E-state index contributed by atoms with van der Waals surface area (Å²) in [5, 5.41) is 11.3. The van der Waals surface area contributed by atoms with Gasteiger partial charge in [-0.15, -0.1) is 0 Å². The maximum atomic E-state index is 13.3. The van der Waals surface area contributed by atoms with Crippen LogP contribution in [0.25, 0.3) is 0 Å². The first kappa shape index (κ1) is 12.6. The van der Waals surface area contributed by atoms with Crippen LogP contribution in [-0.2, 0) is 4.79 Å². The summed E-state index contributed by atoms with van der Waals surface area (Å²) in [5.74, 6) is -2.92. The molecule has 0 spiro atoms. The average molecular weight is 229 g/mol. The topological polar surface area (TPSA) is 49.3 Å². The Morgan fingerprint density at radius 1 is 1.38 bits per heavy atom. The average Bonchev–Trinajstić information content (AvgIpc) is 2.21. The SMILES string of the molecule is CC(NC(C)c1cccc(F)c1F)C(=O)O. The normalized spacial score (nSPS) is 14.5. The molecule has 88 valence electrons. The van der Waals surface area contributed by atoms with E-state index < -0.39 is 29.7 Å². The summed E-state index contributed by atoms with van der Waals surface area (Å²) >= 11 is 0. The van der Waals surface area contributed by atoms with Gasteiger partial charge in [0, 0.05) is 11.6 Å².